The summed E-state index contributed by atoms with van der Waals surface area (Å²) in [5.41, 5.74) is 7.67. The molecule has 0 bridgehead atoms. The molecule has 15 heteroatoms. The topological polar surface area (TPSA) is 240 Å². The highest BCUT2D eigenvalue weighted by molar-refractivity contribution is 5.92. The molecular formula is C49H68N6O9. The molecule has 5 atom stereocenters. The largest absolute Gasteiger partial charge is 0.480 e. The summed E-state index contributed by atoms with van der Waals surface area (Å²) in [6.45, 7) is 3.85. The maximum Gasteiger partial charge on any atom is 0.326 e. The van der Waals surface area contributed by atoms with Crippen molar-refractivity contribution in [3.05, 3.63) is 112 Å². The standard InChI is InChI=1S/C49H68N6O9/c1-3-35(2)45(48(60)52-40(46(50)58)32-36-22-16-14-17-23-36)54-44(57)27-21-13-11-9-7-5-4-6-8-10-12-20-26-43(56)51-41(33-38-28-30-39(31-29-38)55(63)64)47(59)53-42(49(61)62)34-37-24-18-15-19-25-37/h14-19,22-25,28-31,35,40-42,45H,3-13,20-21,26-27,32-34H2,1-2H3,(H2,50,58)(H,51,56)(H,52,60)(H,53,59)(H,54,57)(H,61,62)/t35-,40-,41-,42-,45-/m0/s1. The van der Waals surface area contributed by atoms with Gasteiger partial charge in [-0.15, -0.1) is 0 Å². The normalized spacial score (nSPS) is 13.3. The van der Waals surface area contributed by atoms with Gasteiger partial charge in [0, 0.05) is 44.2 Å². The Bertz CT molecular complexity index is 1910. The van der Waals surface area contributed by atoms with E-state index in [0.29, 0.717) is 24.8 Å². The molecule has 64 heavy (non-hydrogen) atoms. The predicted octanol–water partition coefficient (Wildman–Crippen LogP) is 6.64. The Morgan fingerprint density at radius 3 is 1.41 bits per heavy atom. The van der Waals surface area contributed by atoms with Gasteiger partial charge in [-0.25, -0.2) is 4.79 Å². The number of amides is 5. The van der Waals surface area contributed by atoms with Crippen LogP contribution in [0.4, 0.5) is 5.69 Å². The molecular weight excluding hydrogens is 817 g/mol. The number of carbonyl (C=O) groups is 6. The molecule has 0 aliphatic heterocycles. The quantitative estimate of drug-likeness (QED) is 0.0223. The molecule has 0 radical (unpaired) electrons. The van der Waals surface area contributed by atoms with E-state index in [1.807, 2.05) is 50.2 Å². The lowest BCUT2D eigenvalue weighted by Crippen LogP contribution is -2.55. The molecule has 3 aromatic rings. The zero-order chi connectivity index (χ0) is 46.7. The fourth-order valence-corrected chi connectivity index (χ4v) is 7.41. The molecule has 0 heterocycles. The molecule has 0 aliphatic carbocycles. The van der Waals surface area contributed by atoms with E-state index in [1.54, 1.807) is 24.3 Å². The van der Waals surface area contributed by atoms with Crippen molar-refractivity contribution in [3.8, 4) is 0 Å². The number of primary amides is 1. The molecule has 7 N–H and O–H groups in total. The Kier molecular flexibility index (Phi) is 23.9. The van der Waals surface area contributed by atoms with E-state index in [0.717, 1.165) is 81.8 Å². The van der Waals surface area contributed by atoms with E-state index in [-0.39, 0.29) is 49.1 Å². The van der Waals surface area contributed by atoms with Gasteiger partial charge in [0.25, 0.3) is 5.69 Å². The molecule has 3 rings (SSSR count). The van der Waals surface area contributed by atoms with Crippen molar-refractivity contribution in [1.29, 1.82) is 0 Å². The average molecular weight is 885 g/mol. The summed E-state index contributed by atoms with van der Waals surface area (Å²) in [5.74, 6) is -3.53. The first-order chi connectivity index (χ1) is 30.8. The Morgan fingerprint density at radius 1 is 0.562 bits per heavy atom. The molecule has 348 valence electrons. The molecule has 0 spiro atoms. The van der Waals surface area contributed by atoms with Crippen LogP contribution in [0.3, 0.4) is 0 Å². The van der Waals surface area contributed by atoms with Crippen LogP contribution < -0.4 is 27.0 Å². The van der Waals surface area contributed by atoms with Crippen molar-refractivity contribution in [2.45, 2.75) is 154 Å². The smallest absolute Gasteiger partial charge is 0.326 e. The number of aliphatic carboxylic acids is 1. The summed E-state index contributed by atoms with van der Waals surface area (Å²) >= 11 is 0. The first kappa shape index (κ1) is 52.2. The number of unbranched alkanes of at least 4 members (excludes halogenated alkanes) is 11. The van der Waals surface area contributed by atoms with Crippen molar-refractivity contribution >= 4 is 41.2 Å². The highest BCUT2D eigenvalue weighted by atomic mass is 16.6. The summed E-state index contributed by atoms with van der Waals surface area (Å²) in [5, 5.41) is 31.9. The summed E-state index contributed by atoms with van der Waals surface area (Å²) < 4.78 is 0. The van der Waals surface area contributed by atoms with Crippen LogP contribution in [0.1, 0.15) is 127 Å². The highest BCUT2D eigenvalue weighted by Crippen LogP contribution is 2.17. The molecule has 3 aromatic carbocycles. The third-order valence-corrected chi connectivity index (χ3v) is 11.4. The van der Waals surface area contributed by atoms with E-state index in [1.165, 1.54) is 24.3 Å². The van der Waals surface area contributed by atoms with Gasteiger partial charge in [0.15, 0.2) is 0 Å². The number of hydrogen-bond acceptors (Lipinski definition) is 8. The average Bonchev–Trinajstić information content (AvgIpc) is 3.28. The van der Waals surface area contributed by atoms with Gasteiger partial charge in [-0.3, -0.25) is 34.1 Å². The van der Waals surface area contributed by atoms with Gasteiger partial charge in [0.2, 0.25) is 29.5 Å². The van der Waals surface area contributed by atoms with Crippen LogP contribution in [0.5, 0.6) is 0 Å². The first-order valence-electron chi connectivity index (χ1n) is 22.8. The van der Waals surface area contributed by atoms with Crippen molar-refractivity contribution in [3.63, 3.8) is 0 Å². The van der Waals surface area contributed by atoms with Gasteiger partial charge in [-0.1, -0.05) is 157 Å². The predicted molar refractivity (Wildman–Crippen MR) is 246 cm³/mol. The second-order valence-electron chi connectivity index (χ2n) is 16.7. The lowest BCUT2D eigenvalue weighted by atomic mass is 9.97. The maximum atomic E-state index is 13.4. The molecule has 5 amide bonds. The number of rotatable bonds is 32. The fourth-order valence-electron chi connectivity index (χ4n) is 7.41. The van der Waals surface area contributed by atoms with Gasteiger partial charge in [-0.2, -0.15) is 0 Å². The molecule has 0 fully saturated rings. The third-order valence-electron chi connectivity index (χ3n) is 11.4. The molecule has 0 aliphatic rings. The monoisotopic (exact) mass is 885 g/mol. The zero-order valence-corrected chi connectivity index (χ0v) is 37.4. The molecule has 15 nitrogen and oxygen atoms in total. The molecule has 0 unspecified atom stereocenters. The van der Waals surface area contributed by atoms with E-state index in [4.69, 9.17) is 5.73 Å². The number of carboxylic acid groups (broad SMARTS) is 1. The van der Waals surface area contributed by atoms with Gasteiger partial charge < -0.3 is 32.1 Å². The van der Waals surface area contributed by atoms with E-state index >= 15 is 0 Å². The van der Waals surface area contributed by atoms with Gasteiger partial charge in [0.05, 0.1) is 4.92 Å². The van der Waals surface area contributed by atoms with Crippen LogP contribution in [-0.4, -0.2) is 69.7 Å². The second-order valence-corrected chi connectivity index (χ2v) is 16.7. The summed E-state index contributed by atoms with van der Waals surface area (Å²) in [4.78, 5) is 87.2. The number of carboxylic acids is 1. The van der Waals surface area contributed by atoms with Gasteiger partial charge >= 0.3 is 5.97 Å². The molecule has 0 saturated heterocycles. The maximum absolute atomic E-state index is 13.4. The number of carbonyl (C=O) groups excluding carboxylic acids is 5. The molecule has 0 aromatic heterocycles. The van der Waals surface area contributed by atoms with Crippen LogP contribution >= 0.6 is 0 Å². The van der Waals surface area contributed by atoms with Gasteiger partial charge in [-0.05, 0) is 35.4 Å². The van der Waals surface area contributed by atoms with Crippen molar-refractivity contribution in [2.24, 2.45) is 11.7 Å². The van der Waals surface area contributed by atoms with E-state index < -0.39 is 52.8 Å². The minimum atomic E-state index is -1.22. The fraction of sp³-hybridized carbons (Fsp3) is 0.510. The minimum Gasteiger partial charge on any atom is -0.480 e. The Morgan fingerprint density at radius 2 is 0.969 bits per heavy atom. The SMILES string of the molecule is CC[C@H](C)[C@H](NC(=O)CCCCCCCCCCCCCCC(=O)N[C@@H](Cc1ccc([N+](=O)[O-])cc1)C(=O)N[C@@H](Cc1ccccc1)C(=O)O)C(=O)N[C@@H](Cc1ccccc1)C(N)=O. The minimum absolute atomic E-state index is 0.0309. The number of nitro benzene ring substituents is 1. The first-order valence-corrected chi connectivity index (χ1v) is 22.8. The Balaban J connectivity index is 1.29. The van der Waals surface area contributed by atoms with Crippen LogP contribution in [-0.2, 0) is 48.0 Å². The van der Waals surface area contributed by atoms with Crippen molar-refractivity contribution < 1.29 is 38.8 Å². The Hall–Kier alpha value is -6.12. The van der Waals surface area contributed by atoms with E-state index in [2.05, 4.69) is 21.3 Å². The van der Waals surface area contributed by atoms with Crippen LogP contribution in [0.2, 0.25) is 0 Å². The van der Waals surface area contributed by atoms with Crippen LogP contribution in [0.25, 0.3) is 0 Å². The lowest BCUT2D eigenvalue weighted by molar-refractivity contribution is -0.384. The number of hydrogen-bond donors (Lipinski definition) is 6. The van der Waals surface area contributed by atoms with Crippen molar-refractivity contribution in [1.82, 2.24) is 21.3 Å². The number of non-ortho nitro benzene ring substituents is 1. The lowest BCUT2D eigenvalue weighted by Gasteiger charge is -2.26. The van der Waals surface area contributed by atoms with E-state index in [9.17, 15) is 44.0 Å². The van der Waals surface area contributed by atoms with Crippen LogP contribution in [0, 0.1) is 16.0 Å². The third kappa shape index (κ3) is 20.4. The number of nitrogens with one attached hydrogen (secondary N) is 4. The second kappa shape index (κ2) is 29.3. The zero-order valence-electron chi connectivity index (χ0n) is 37.4. The van der Waals surface area contributed by atoms with Gasteiger partial charge in [0.1, 0.15) is 24.2 Å². The summed E-state index contributed by atoms with van der Waals surface area (Å²) in [7, 11) is 0. The van der Waals surface area contributed by atoms with Crippen molar-refractivity contribution in [2.75, 3.05) is 0 Å². The van der Waals surface area contributed by atoms with Crippen LogP contribution in [0.15, 0.2) is 84.9 Å². The molecule has 0 saturated carbocycles. The number of nitrogens with zero attached hydrogens (tertiary/aromatic N) is 1. The number of benzene rings is 3. The Labute approximate surface area is 377 Å². The highest BCUT2D eigenvalue weighted by Gasteiger charge is 2.30. The summed E-state index contributed by atoms with van der Waals surface area (Å²) in [6.07, 6.45) is 13.3. The number of nitrogens with two attached hydrogens (primary N) is 1. The summed E-state index contributed by atoms with van der Waals surface area (Å²) in [6, 6.07) is 20.0. The number of nitro groups is 1.